The van der Waals surface area contributed by atoms with E-state index in [-0.39, 0.29) is 0 Å². The van der Waals surface area contributed by atoms with Crippen molar-refractivity contribution in [3.8, 4) is 11.3 Å². The van der Waals surface area contributed by atoms with Gasteiger partial charge in [0.25, 0.3) is 0 Å². The van der Waals surface area contributed by atoms with E-state index in [1.807, 2.05) is 0 Å². The van der Waals surface area contributed by atoms with Crippen LogP contribution in [-0.2, 0) is 6.54 Å². The third-order valence-corrected chi connectivity index (χ3v) is 3.72. The lowest BCUT2D eigenvalue weighted by atomic mass is 10.1. The number of aromatic nitrogens is 1. The molecule has 0 bridgehead atoms. The summed E-state index contributed by atoms with van der Waals surface area (Å²) in [5.74, 6) is 0. The first kappa shape index (κ1) is 12.9. The van der Waals surface area contributed by atoms with E-state index in [2.05, 4.69) is 65.2 Å². The highest BCUT2D eigenvalue weighted by molar-refractivity contribution is 5.87. The SMILES string of the molecule is NCCCCn1c(-c2ccccc2)cc2ccccc21. The summed E-state index contributed by atoms with van der Waals surface area (Å²) in [5, 5.41) is 1.30. The van der Waals surface area contributed by atoms with Gasteiger partial charge < -0.3 is 10.3 Å². The van der Waals surface area contributed by atoms with Gasteiger partial charge in [0, 0.05) is 23.1 Å². The molecule has 0 radical (unpaired) electrons. The first-order valence-electron chi connectivity index (χ1n) is 7.24. The molecule has 0 saturated carbocycles. The van der Waals surface area contributed by atoms with Crippen molar-refractivity contribution in [2.45, 2.75) is 19.4 Å². The van der Waals surface area contributed by atoms with Crippen molar-refractivity contribution in [2.75, 3.05) is 6.54 Å². The monoisotopic (exact) mass is 264 g/mol. The Balaban J connectivity index is 2.08. The fraction of sp³-hybridized carbons (Fsp3) is 0.222. The summed E-state index contributed by atoms with van der Waals surface area (Å²) in [6.45, 7) is 1.79. The zero-order valence-corrected chi connectivity index (χ0v) is 11.6. The van der Waals surface area contributed by atoms with Crippen molar-refractivity contribution in [1.29, 1.82) is 0 Å². The highest BCUT2D eigenvalue weighted by Crippen LogP contribution is 2.28. The summed E-state index contributed by atoms with van der Waals surface area (Å²) >= 11 is 0. The van der Waals surface area contributed by atoms with Crippen molar-refractivity contribution in [1.82, 2.24) is 4.57 Å². The fourth-order valence-electron chi connectivity index (χ4n) is 2.71. The summed E-state index contributed by atoms with van der Waals surface area (Å²) in [6.07, 6.45) is 2.19. The van der Waals surface area contributed by atoms with Crippen LogP contribution in [0.3, 0.4) is 0 Å². The van der Waals surface area contributed by atoms with Gasteiger partial charge in [-0.05, 0) is 37.1 Å². The number of rotatable bonds is 5. The molecule has 1 heterocycles. The zero-order chi connectivity index (χ0) is 13.8. The van der Waals surface area contributed by atoms with Crippen LogP contribution in [0.2, 0.25) is 0 Å². The minimum Gasteiger partial charge on any atom is -0.340 e. The smallest absolute Gasteiger partial charge is 0.0491 e. The number of hydrogen-bond donors (Lipinski definition) is 1. The Kier molecular flexibility index (Phi) is 3.84. The Morgan fingerprint density at radius 2 is 1.60 bits per heavy atom. The third kappa shape index (κ3) is 2.47. The molecule has 0 aliphatic heterocycles. The number of para-hydroxylation sites is 1. The molecule has 0 unspecified atom stereocenters. The minimum atomic E-state index is 0.764. The topological polar surface area (TPSA) is 30.9 Å². The summed E-state index contributed by atoms with van der Waals surface area (Å²) in [5.41, 5.74) is 9.50. The maximum absolute atomic E-state index is 5.62. The molecule has 0 fully saturated rings. The molecule has 0 aliphatic rings. The predicted molar refractivity (Wildman–Crippen MR) is 85.7 cm³/mol. The highest BCUT2D eigenvalue weighted by Gasteiger charge is 2.09. The largest absolute Gasteiger partial charge is 0.340 e. The number of benzene rings is 2. The van der Waals surface area contributed by atoms with Gasteiger partial charge in [-0.3, -0.25) is 0 Å². The van der Waals surface area contributed by atoms with Crippen LogP contribution in [0.5, 0.6) is 0 Å². The molecule has 1 aromatic heterocycles. The van der Waals surface area contributed by atoms with Crippen LogP contribution < -0.4 is 5.73 Å². The molecule has 2 heteroatoms. The van der Waals surface area contributed by atoms with E-state index in [4.69, 9.17) is 5.73 Å². The van der Waals surface area contributed by atoms with Crippen molar-refractivity contribution in [3.63, 3.8) is 0 Å². The predicted octanol–water partition coefficient (Wildman–Crippen LogP) is 4.05. The number of fused-ring (bicyclic) bond motifs is 1. The molecule has 0 saturated heterocycles. The maximum atomic E-state index is 5.62. The highest BCUT2D eigenvalue weighted by atomic mass is 15.0. The summed E-state index contributed by atoms with van der Waals surface area (Å²) in [4.78, 5) is 0. The van der Waals surface area contributed by atoms with Gasteiger partial charge in [0.1, 0.15) is 0 Å². The second-order valence-electron chi connectivity index (χ2n) is 5.10. The van der Waals surface area contributed by atoms with Crippen molar-refractivity contribution in [3.05, 3.63) is 60.7 Å². The van der Waals surface area contributed by atoms with Crippen molar-refractivity contribution < 1.29 is 0 Å². The Morgan fingerprint density at radius 1 is 0.850 bits per heavy atom. The van der Waals surface area contributed by atoms with Crippen LogP contribution in [0.25, 0.3) is 22.2 Å². The molecule has 0 amide bonds. The fourth-order valence-corrected chi connectivity index (χ4v) is 2.71. The Morgan fingerprint density at radius 3 is 2.40 bits per heavy atom. The van der Waals surface area contributed by atoms with E-state index in [1.54, 1.807) is 0 Å². The summed E-state index contributed by atoms with van der Waals surface area (Å²) < 4.78 is 2.42. The van der Waals surface area contributed by atoms with E-state index in [9.17, 15) is 0 Å². The Labute approximate surface area is 119 Å². The van der Waals surface area contributed by atoms with Gasteiger partial charge in [-0.15, -0.1) is 0 Å². The second-order valence-corrected chi connectivity index (χ2v) is 5.10. The van der Waals surface area contributed by atoms with E-state index in [1.165, 1.54) is 22.2 Å². The molecule has 3 aromatic rings. The molecule has 2 aromatic carbocycles. The normalized spacial score (nSPS) is 11.1. The average Bonchev–Trinajstić information content (AvgIpc) is 2.87. The molecular weight excluding hydrogens is 244 g/mol. The molecule has 2 nitrogen and oxygen atoms in total. The van der Waals surface area contributed by atoms with Crippen molar-refractivity contribution in [2.24, 2.45) is 5.73 Å². The number of aryl methyl sites for hydroxylation is 1. The van der Waals surface area contributed by atoms with E-state index < -0.39 is 0 Å². The lowest BCUT2D eigenvalue weighted by Gasteiger charge is -2.10. The molecule has 0 aliphatic carbocycles. The maximum Gasteiger partial charge on any atom is 0.0491 e. The number of nitrogens with two attached hydrogens (primary N) is 1. The van der Waals surface area contributed by atoms with Crippen LogP contribution in [0.15, 0.2) is 60.7 Å². The van der Waals surface area contributed by atoms with Gasteiger partial charge in [-0.2, -0.15) is 0 Å². The molecule has 20 heavy (non-hydrogen) atoms. The second kappa shape index (κ2) is 5.93. The van der Waals surface area contributed by atoms with Crippen LogP contribution in [-0.4, -0.2) is 11.1 Å². The number of unbranched alkanes of at least 4 members (excludes halogenated alkanes) is 1. The summed E-state index contributed by atoms with van der Waals surface area (Å²) in [7, 11) is 0. The average molecular weight is 264 g/mol. The lowest BCUT2D eigenvalue weighted by molar-refractivity contribution is 0.634. The number of hydrogen-bond acceptors (Lipinski definition) is 1. The zero-order valence-electron chi connectivity index (χ0n) is 11.6. The quantitative estimate of drug-likeness (QED) is 0.692. The van der Waals surface area contributed by atoms with Gasteiger partial charge >= 0.3 is 0 Å². The van der Waals surface area contributed by atoms with Crippen molar-refractivity contribution >= 4 is 10.9 Å². The molecular formula is C18H20N2. The van der Waals surface area contributed by atoms with E-state index in [0.29, 0.717) is 0 Å². The molecule has 0 spiro atoms. The number of nitrogens with zero attached hydrogens (tertiary/aromatic N) is 1. The first-order chi connectivity index (χ1) is 9.90. The first-order valence-corrected chi connectivity index (χ1v) is 7.24. The molecule has 102 valence electrons. The van der Waals surface area contributed by atoms with E-state index >= 15 is 0 Å². The van der Waals surface area contributed by atoms with Crippen LogP contribution in [0.4, 0.5) is 0 Å². The molecule has 2 N–H and O–H groups in total. The van der Waals surface area contributed by atoms with Crippen LogP contribution >= 0.6 is 0 Å². The van der Waals surface area contributed by atoms with Crippen LogP contribution in [0.1, 0.15) is 12.8 Å². The van der Waals surface area contributed by atoms with Gasteiger partial charge in [-0.25, -0.2) is 0 Å². The standard InChI is InChI=1S/C18H20N2/c19-12-6-7-13-20-17-11-5-4-10-16(17)14-18(20)15-8-2-1-3-9-15/h1-5,8-11,14H,6-7,12-13,19H2. The summed E-state index contributed by atoms with van der Waals surface area (Å²) in [6, 6.07) is 21.5. The third-order valence-electron chi connectivity index (χ3n) is 3.72. The van der Waals surface area contributed by atoms with Gasteiger partial charge in [0.2, 0.25) is 0 Å². The van der Waals surface area contributed by atoms with Gasteiger partial charge in [0.05, 0.1) is 0 Å². The minimum absolute atomic E-state index is 0.764. The molecule has 0 atom stereocenters. The molecule has 3 rings (SSSR count). The lowest BCUT2D eigenvalue weighted by Crippen LogP contribution is -2.04. The van der Waals surface area contributed by atoms with E-state index in [0.717, 1.165) is 25.9 Å². The Hall–Kier alpha value is -2.06. The van der Waals surface area contributed by atoms with Gasteiger partial charge in [-0.1, -0.05) is 48.5 Å². The van der Waals surface area contributed by atoms with Gasteiger partial charge in [0.15, 0.2) is 0 Å². The Bertz CT molecular complexity index is 683. The van der Waals surface area contributed by atoms with Crippen LogP contribution in [0, 0.1) is 0 Å².